The van der Waals surface area contributed by atoms with E-state index in [0.717, 1.165) is 16.7 Å². The highest BCUT2D eigenvalue weighted by Gasteiger charge is 2.54. The standard InChI is InChI=1S/C28H23N3O4S/c1-17-16-36-26-22(30-28-29-20-14-8-9-15-21(20)34-28)25(32)31(26)23(17)27(33)35-24(18-10-4-2-5-11-18)19-12-6-3-7-13-19/h2-15,22,24,26H,16H2,1H3,(H,29,30)/t22-,26-/m1/s1. The van der Waals surface area contributed by atoms with Gasteiger partial charge >= 0.3 is 5.97 Å². The molecule has 2 aliphatic rings. The number of nitrogens with zero attached hydrogens (tertiary/aromatic N) is 2. The van der Waals surface area contributed by atoms with Gasteiger partial charge in [-0.3, -0.25) is 9.69 Å². The third kappa shape index (κ3) is 3.93. The summed E-state index contributed by atoms with van der Waals surface area (Å²) in [6.07, 6.45) is -0.585. The Bertz CT molecular complexity index is 1400. The second kappa shape index (κ2) is 9.20. The Labute approximate surface area is 212 Å². The number of para-hydroxylation sites is 2. The molecule has 3 aromatic carbocycles. The van der Waals surface area contributed by atoms with E-state index in [2.05, 4.69) is 10.3 Å². The van der Waals surface area contributed by atoms with Gasteiger partial charge in [-0.15, -0.1) is 11.8 Å². The first-order chi connectivity index (χ1) is 17.6. The molecule has 1 aromatic heterocycles. The minimum atomic E-state index is -0.585. The molecule has 0 bridgehead atoms. The number of ether oxygens (including phenoxy) is 1. The van der Waals surface area contributed by atoms with Crippen molar-refractivity contribution >= 4 is 40.8 Å². The molecule has 1 saturated heterocycles. The minimum Gasteiger partial charge on any atom is -0.448 e. The van der Waals surface area contributed by atoms with E-state index < -0.39 is 18.1 Å². The number of rotatable bonds is 6. The molecule has 180 valence electrons. The molecule has 3 heterocycles. The lowest BCUT2D eigenvalue weighted by Crippen LogP contribution is -2.67. The van der Waals surface area contributed by atoms with Gasteiger partial charge < -0.3 is 14.5 Å². The molecule has 7 nitrogen and oxygen atoms in total. The number of esters is 1. The van der Waals surface area contributed by atoms with E-state index in [1.54, 1.807) is 16.7 Å². The summed E-state index contributed by atoms with van der Waals surface area (Å²) in [4.78, 5) is 32.8. The number of amides is 1. The third-order valence-corrected chi connectivity index (χ3v) is 7.78. The van der Waals surface area contributed by atoms with E-state index in [0.29, 0.717) is 28.6 Å². The van der Waals surface area contributed by atoms with Gasteiger partial charge in [-0.2, -0.15) is 4.98 Å². The number of benzene rings is 3. The van der Waals surface area contributed by atoms with Crippen molar-refractivity contribution in [2.24, 2.45) is 0 Å². The van der Waals surface area contributed by atoms with Crippen molar-refractivity contribution in [3.8, 4) is 0 Å². The summed E-state index contributed by atoms with van der Waals surface area (Å²) in [5.74, 6) is -0.104. The van der Waals surface area contributed by atoms with Gasteiger partial charge in [0.2, 0.25) is 0 Å². The maximum atomic E-state index is 13.5. The minimum absolute atomic E-state index is 0.211. The van der Waals surface area contributed by atoms with Crippen molar-refractivity contribution in [1.29, 1.82) is 0 Å². The zero-order valence-corrected chi connectivity index (χ0v) is 20.3. The van der Waals surface area contributed by atoms with Crippen LogP contribution in [-0.2, 0) is 14.3 Å². The largest absolute Gasteiger partial charge is 0.448 e. The Balaban J connectivity index is 1.24. The van der Waals surface area contributed by atoms with E-state index in [-0.39, 0.29) is 11.3 Å². The zero-order valence-electron chi connectivity index (χ0n) is 19.5. The quantitative estimate of drug-likeness (QED) is 0.292. The second-order valence-electron chi connectivity index (χ2n) is 8.75. The van der Waals surface area contributed by atoms with Crippen molar-refractivity contribution < 1.29 is 18.7 Å². The van der Waals surface area contributed by atoms with Gasteiger partial charge in [0.15, 0.2) is 11.7 Å². The van der Waals surface area contributed by atoms with Crippen LogP contribution in [0.15, 0.2) is 101 Å². The lowest BCUT2D eigenvalue weighted by atomic mass is 10.0. The van der Waals surface area contributed by atoms with Gasteiger partial charge in [0.1, 0.15) is 22.6 Å². The van der Waals surface area contributed by atoms with Crippen molar-refractivity contribution in [1.82, 2.24) is 9.88 Å². The number of nitrogens with one attached hydrogen (secondary N) is 1. The number of hydrogen-bond donors (Lipinski definition) is 1. The molecule has 4 aromatic rings. The van der Waals surface area contributed by atoms with Crippen molar-refractivity contribution in [2.45, 2.75) is 24.4 Å². The summed E-state index contributed by atoms with van der Waals surface area (Å²) in [7, 11) is 0. The molecule has 0 spiro atoms. The molecule has 36 heavy (non-hydrogen) atoms. The van der Waals surface area contributed by atoms with Gasteiger partial charge in [-0.05, 0) is 35.8 Å². The Hall–Kier alpha value is -4.04. The lowest BCUT2D eigenvalue weighted by molar-refractivity contribution is -0.152. The molecular weight excluding hydrogens is 474 g/mol. The predicted molar refractivity (Wildman–Crippen MR) is 138 cm³/mol. The van der Waals surface area contributed by atoms with Crippen molar-refractivity contribution in [2.75, 3.05) is 11.1 Å². The Kier molecular flexibility index (Phi) is 5.73. The summed E-state index contributed by atoms with van der Waals surface area (Å²) >= 11 is 1.60. The van der Waals surface area contributed by atoms with Gasteiger partial charge in [-0.25, -0.2) is 4.79 Å². The summed E-state index contributed by atoms with van der Waals surface area (Å²) < 4.78 is 11.8. The summed E-state index contributed by atoms with van der Waals surface area (Å²) in [5.41, 5.74) is 4.22. The first-order valence-corrected chi connectivity index (χ1v) is 12.7. The average molecular weight is 498 g/mol. The highest BCUT2D eigenvalue weighted by Crippen LogP contribution is 2.42. The van der Waals surface area contributed by atoms with Crippen LogP contribution in [0.2, 0.25) is 0 Å². The molecule has 8 heteroatoms. The second-order valence-corrected chi connectivity index (χ2v) is 9.86. The first kappa shape index (κ1) is 22.4. The molecule has 6 rings (SSSR count). The Morgan fingerprint density at radius 3 is 2.33 bits per heavy atom. The fraction of sp³-hybridized carbons (Fsp3) is 0.179. The molecule has 0 aliphatic carbocycles. The predicted octanol–water partition coefficient (Wildman–Crippen LogP) is 5.13. The fourth-order valence-corrected chi connectivity index (χ4v) is 5.87. The number of anilines is 1. The molecule has 2 aliphatic heterocycles. The highest BCUT2D eigenvalue weighted by molar-refractivity contribution is 8.00. The van der Waals surface area contributed by atoms with Crippen LogP contribution in [0.1, 0.15) is 24.2 Å². The average Bonchev–Trinajstić information content (AvgIpc) is 3.34. The molecule has 2 atom stereocenters. The Morgan fingerprint density at radius 2 is 1.67 bits per heavy atom. The van der Waals surface area contributed by atoms with Crippen molar-refractivity contribution in [3.05, 3.63) is 107 Å². The fourth-order valence-electron chi connectivity index (χ4n) is 4.58. The molecular formula is C28H23N3O4S. The third-order valence-electron chi connectivity index (χ3n) is 6.35. The van der Waals surface area contributed by atoms with Crippen LogP contribution in [0.3, 0.4) is 0 Å². The molecule has 1 fully saturated rings. The van der Waals surface area contributed by atoms with Crippen LogP contribution in [0.25, 0.3) is 11.1 Å². The highest BCUT2D eigenvalue weighted by atomic mass is 32.2. The van der Waals surface area contributed by atoms with E-state index in [4.69, 9.17) is 9.15 Å². The molecule has 0 unspecified atom stereocenters. The number of thioether (sulfide) groups is 1. The SMILES string of the molecule is CC1=C(C(=O)OC(c2ccccc2)c2ccccc2)N2C(=O)[C@@H](Nc3nc4ccccc4o3)[C@H]2SC1. The number of hydrogen-bond acceptors (Lipinski definition) is 7. The molecule has 0 saturated carbocycles. The van der Waals surface area contributed by atoms with Crippen LogP contribution >= 0.6 is 11.8 Å². The smallest absolute Gasteiger partial charge is 0.356 e. The summed E-state index contributed by atoms with van der Waals surface area (Å²) in [5, 5.41) is 2.86. The van der Waals surface area contributed by atoms with Crippen LogP contribution in [0.4, 0.5) is 6.01 Å². The number of aromatic nitrogens is 1. The van der Waals surface area contributed by atoms with Crippen molar-refractivity contribution in [3.63, 3.8) is 0 Å². The Morgan fingerprint density at radius 1 is 1.03 bits per heavy atom. The van der Waals surface area contributed by atoms with E-state index in [1.165, 1.54) is 0 Å². The lowest BCUT2D eigenvalue weighted by Gasteiger charge is -2.49. The number of carbonyl (C=O) groups is 2. The molecule has 1 amide bonds. The maximum Gasteiger partial charge on any atom is 0.356 e. The van der Waals surface area contributed by atoms with Crippen LogP contribution in [0, 0.1) is 0 Å². The number of fused-ring (bicyclic) bond motifs is 2. The van der Waals surface area contributed by atoms with Gasteiger partial charge in [0, 0.05) is 5.75 Å². The molecule has 0 radical (unpaired) electrons. The van der Waals surface area contributed by atoms with Gasteiger partial charge in [0.25, 0.3) is 11.9 Å². The summed E-state index contributed by atoms with van der Waals surface area (Å²) in [6, 6.07) is 26.4. The van der Waals surface area contributed by atoms with Crippen LogP contribution in [0.5, 0.6) is 0 Å². The van der Waals surface area contributed by atoms with E-state index in [9.17, 15) is 9.59 Å². The van der Waals surface area contributed by atoms with Gasteiger partial charge in [0.05, 0.1) is 0 Å². The number of oxazole rings is 1. The molecule has 1 N–H and O–H groups in total. The van der Waals surface area contributed by atoms with Crippen LogP contribution < -0.4 is 5.32 Å². The van der Waals surface area contributed by atoms with Gasteiger partial charge in [-0.1, -0.05) is 72.8 Å². The summed E-state index contributed by atoms with van der Waals surface area (Å²) in [6.45, 7) is 1.87. The van der Waals surface area contributed by atoms with Crippen LogP contribution in [-0.4, -0.2) is 38.9 Å². The number of carbonyl (C=O) groups excluding carboxylic acids is 2. The topological polar surface area (TPSA) is 84.7 Å². The van der Waals surface area contributed by atoms with E-state index >= 15 is 0 Å². The normalized spacial score (nSPS) is 19.3. The monoisotopic (exact) mass is 497 g/mol. The zero-order chi connectivity index (χ0) is 24.6. The van der Waals surface area contributed by atoms with E-state index in [1.807, 2.05) is 91.9 Å². The maximum absolute atomic E-state index is 13.5. The first-order valence-electron chi connectivity index (χ1n) is 11.7. The number of β-lactam (4-membered cyclic amide) rings is 1.